The zero-order valence-corrected chi connectivity index (χ0v) is 19.9. The lowest BCUT2D eigenvalue weighted by Crippen LogP contribution is -2.30. The number of fused-ring (bicyclic) bond motifs is 1. The molecule has 4 aromatic rings. The number of benzene rings is 1. The van der Waals surface area contributed by atoms with E-state index in [0.717, 1.165) is 24.8 Å². The third-order valence-corrected chi connectivity index (χ3v) is 7.42. The molecule has 36 heavy (non-hydrogen) atoms. The molecular formula is C24H21F2N5O4S. The number of halogens is 2. The number of hydrogen-bond donors (Lipinski definition) is 1. The van der Waals surface area contributed by atoms with Crippen LogP contribution in [0.2, 0.25) is 0 Å². The van der Waals surface area contributed by atoms with Gasteiger partial charge in [0.15, 0.2) is 0 Å². The van der Waals surface area contributed by atoms with Crippen molar-refractivity contribution < 1.29 is 26.7 Å². The van der Waals surface area contributed by atoms with Gasteiger partial charge in [-0.2, -0.15) is 5.10 Å². The zero-order valence-electron chi connectivity index (χ0n) is 19.1. The number of anilines is 1. The number of pyridine rings is 2. The van der Waals surface area contributed by atoms with Gasteiger partial charge in [0.1, 0.15) is 16.5 Å². The Kier molecular flexibility index (Phi) is 6.04. The number of nitrogens with zero attached hydrogens (tertiary/aromatic N) is 4. The van der Waals surface area contributed by atoms with E-state index in [1.54, 1.807) is 18.3 Å². The van der Waals surface area contributed by atoms with Crippen LogP contribution in [-0.2, 0) is 10.0 Å². The molecule has 1 atom stereocenters. The Balaban J connectivity index is 1.45. The molecule has 5 rings (SSSR count). The normalized spacial score (nSPS) is 15.9. The monoisotopic (exact) mass is 513 g/mol. The molecule has 1 saturated heterocycles. The third kappa shape index (κ3) is 4.35. The van der Waals surface area contributed by atoms with E-state index >= 15 is 0 Å². The molecule has 9 nitrogen and oxygen atoms in total. The minimum Gasteiger partial charge on any atom is -0.481 e. The topological polar surface area (TPSA) is 106 Å². The molecule has 0 spiro atoms. The van der Waals surface area contributed by atoms with Crippen molar-refractivity contribution in [1.29, 1.82) is 0 Å². The Labute approximate surface area is 205 Å². The molecule has 1 N–H and O–H groups in total. The van der Waals surface area contributed by atoms with Crippen LogP contribution in [0.1, 0.15) is 34.8 Å². The molecule has 1 fully saturated rings. The third-order valence-electron chi connectivity index (χ3n) is 6.11. The SMILES string of the molecule is COc1ccc(S(=O)(=O)NC(=O)c2cnn3ccc(N4CCC[C@@H]4c4cc(F)ccc4F)cc23)cn1. The zero-order chi connectivity index (χ0) is 25.4. The molecule has 0 bridgehead atoms. The molecule has 3 aromatic heterocycles. The summed E-state index contributed by atoms with van der Waals surface area (Å²) < 4.78 is 62.1. The van der Waals surface area contributed by atoms with E-state index in [1.807, 2.05) is 9.62 Å². The number of sulfonamides is 1. The summed E-state index contributed by atoms with van der Waals surface area (Å²) in [6, 6.07) is 9.10. The van der Waals surface area contributed by atoms with E-state index < -0.39 is 27.6 Å². The van der Waals surface area contributed by atoms with E-state index in [-0.39, 0.29) is 27.9 Å². The lowest BCUT2D eigenvalue weighted by Gasteiger charge is -2.27. The van der Waals surface area contributed by atoms with E-state index in [0.29, 0.717) is 24.2 Å². The number of carbonyl (C=O) groups is 1. The van der Waals surface area contributed by atoms with Crippen molar-refractivity contribution in [2.45, 2.75) is 23.8 Å². The molecule has 1 aliphatic heterocycles. The predicted octanol–water partition coefficient (Wildman–Crippen LogP) is 3.48. The highest BCUT2D eigenvalue weighted by molar-refractivity contribution is 7.90. The average Bonchev–Trinajstić information content (AvgIpc) is 3.52. The highest BCUT2D eigenvalue weighted by Crippen LogP contribution is 2.38. The molecule has 1 aromatic carbocycles. The van der Waals surface area contributed by atoms with Crippen LogP contribution in [0.4, 0.5) is 14.5 Å². The Morgan fingerprint density at radius 1 is 1.14 bits per heavy atom. The van der Waals surface area contributed by atoms with Gasteiger partial charge >= 0.3 is 0 Å². The van der Waals surface area contributed by atoms with Gasteiger partial charge in [-0.3, -0.25) is 4.79 Å². The fraction of sp³-hybridized carbons (Fsp3) is 0.208. The van der Waals surface area contributed by atoms with E-state index in [9.17, 15) is 22.0 Å². The number of aromatic nitrogens is 3. The lowest BCUT2D eigenvalue weighted by atomic mass is 10.0. The van der Waals surface area contributed by atoms with Gasteiger partial charge < -0.3 is 9.64 Å². The molecular weight excluding hydrogens is 492 g/mol. The van der Waals surface area contributed by atoms with Crippen molar-refractivity contribution in [2.24, 2.45) is 0 Å². The summed E-state index contributed by atoms with van der Waals surface area (Å²) in [6.07, 6.45) is 5.38. The first-order valence-corrected chi connectivity index (χ1v) is 12.5. The van der Waals surface area contributed by atoms with Gasteiger partial charge in [0, 0.05) is 30.1 Å². The van der Waals surface area contributed by atoms with Crippen molar-refractivity contribution in [3.63, 3.8) is 0 Å². The van der Waals surface area contributed by atoms with Crippen LogP contribution in [0.15, 0.2) is 66.0 Å². The van der Waals surface area contributed by atoms with Crippen LogP contribution in [0.25, 0.3) is 5.52 Å². The molecule has 1 aliphatic rings. The number of rotatable bonds is 6. The number of ether oxygens (including phenoxy) is 1. The van der Waals surface area contributed by atoms with Crippen LogP contribution in [0.3, 0.4) is 0 Å². The van der Waals surface area contributed by atoms with Crippen molar-refractivity contribution in [1.82, 2.24) is 19.3 Å². The van der Waals surface area contributed by atoms with Gasteiger partial charge in [-0.1, -0.05) is 0 Å². The summed E-state index contributed by atoms with van der Waals surface area (Å²) in [5.41, 5.74) is 1.33. The van der Waals surface area contributed by atoms with Gasteiger partial charge in [0.2, 0.25) is 5.88 Å². The number of carbonyl (C=O) groups excluding carboxylic acids is 1. The molecule has 4 heterocycles. The Morgan fingerprint density at radius 2 is 1.97 bits per heavy atom. The van der Waals surface area contributed by atoms with Gasteiger partial charge in [-0.15, -0.1) is 0 Å². The second kappa shape index (κ2) is 9.19. The minimum atomic E-state index is -4.20. The standard InChI is InChI=1S/C24H21F2N5O4S/c1-35-23-7-5-17(13-27-23)36(33,34)29-24(32)19-14-28-31-10-8-16(12-22(19)31)30-9-2-3-21(30)18-11-15(25)4-6-20(18)26/h4-8,10-14,21H,2-3,9H2,1H3,(H,29,32)/t21-/m1/s1. The Morgan fingerprint density at radius 3 is 2.72 bits per heavy atom. The molecule has 12 heteroatoms. The highest BCUT2D eigenvalue weighted by Gasteiger charge is 2.30. The van der Waals surface area contributed by atoms with E-state index in [1.165, 1.54) is 36.0 Å². The number of nitrogens with one attached hydrogen (secondary N) is 1. The molecule has 1 amide bonds. The highest BCUT2D eigenvalue weighted by atomic mass is 32.2. The van der Waals surface area contributed by atoms with Crippen molar-refractivity contribution in [3.05, 3.63) is 83.8 Å². The maximum Gasteiger partial charge on any atom is 0.268 e. The van der Waals surface area contributed by atoms with Crippen LogP contribution < -0.4 is 14.4 Å². The number of methoxy groups -OCH3 is 1. The van der Waals surface area contributed by atoms with E-state index in [4.69, 9.17) is 4.74 Å². The van der Waals surface area contributed by atoms with Crippen molar-refractivity contribution in [2.75, 3.05) is 18.6 Å². The van der Waals surface area contributed by atoms with Gasteiger partial charge in [-0.25, -0.2) is 31.4 Å². The fourth-order valence-corrected chi connectivity index (χ4v) is 5.29. The average molecular weight is 514 g/mol. The van der Waals surface area contributed by atoms with E-state index in [2.05, 4.69) is 10.1 Å². The van der Waals surface area contributed by atoms with Crippen LogP contribution in [0.5, 0.6) is 5.88 Å². The predicted molar refractivity (Wildman–Crippen MR) is 126 cm³/mol. The summed E-state index contributed by atoms with van der Waals surface area (Å²) in [5.74, 6) is -1.64. The van der Waals surface area contributed by atoms with Crippen LogP contribution in [-0.4, -0.2) is 42.6 Å². The molecule has 186 valence electrons. The van der Waals surface area contributed by atoms with Gasteiger partial charge in [0.25, 0.3) is 15.9 Å². The van der Waals surface area contributed by atoms with Gasteiger partial charge in [-0.05, 0) is 49.2 Å². The van der Waals surface area contributed by atoms with Crippen LogP contribution in [0, 0.1) is 11.6 Å². The fourth-order valence-electron chi connectivity index (χ4n) is 4.37. The van der Waals surface area contributed by atoms with Crippen molar-refractivity contribution >= 4 is 27.1 Å². The first-order valence-electron chi connectivity index (χ1n) is 11.0. The van der Waals surface area contributed by atoms with Crippen molar-refractivity contribution in [3.8, 4) is 5.88 Å². The Bertz CT molecular complexity index is 1560. The molecule has 0 saturated carbocycles. The molecule has 0 unspecified atom stereocenters. The smallest absolute Gasteiger partial charge is 0.268 e. The Hall–Kier alpha value is -4.06. The minimum absolute atomic E-state index is 0.0366. The first kappa shape index (κ1) is 23.7. The second-order valence-corrected chi connectivity index (χ2v) is 9.94. The summed E-state index contributed by atoms with van der Waals surface area (Å²) in [6.45, 7) is 0.602. The summed E-state index contributed by atoms with van der Waals surface area (Å²) in [5, 5.41) is 4.14. The summed E-state index contributed by atoms with van der Waals surface area (Å²) >= 11 is 0. The number of amides is 1. The largest absolute Gasteiger partial charge is 0.481 e. The maximum absolute atomic E-state index is 14.5. The lowest BCUT2D eigenvalue weighted by molar-refractivity contribution is 0.0983. The van der Waals surface area contributed by atoms with Crippen LogP contribution >= 0.6 is 0 Å². The molecule has 0 radical (unpaired) electrons. The maximum atomic E-state index is 14.5. The molecule has 0 aliphatic carbocycles. The quantitative estimate of drug-likeness (QED) is 0.421. The number of hydrogen-bond acceptors (Lipinski definition) is 7. The summed E-state index contributed by atoms with van der Waals surface area (Å²) in [4.78, 5) is 18.5. The first-order chi connectivity index (χ1) is 17.3. The summed E-state index contributed by atoms with van der Waals surface area (Å²) in [7, 11) is -2.80. The second-order valence-electron chi connectivity index (χ2n) is 8.26. The van der Waals surface area contributed by atoms with Gasteiger partial charge in [0.05, 0.1) is 36.6 Å².